The smallest absolute Gasteiger partial charge is 0.148 e. The molecule has 1 unspecified atom stereocenters. The highest BCUT2D eigenvalue weighted by molar-refractivity contribution is 6.36. The third kappa shape index (κ3) is 3.99. The maximum Gasteiger partial charge on any atom is 0.148 e. The lowest BCUT2D eigenvalue weighted by Gasteiger charge is -2.20. The standard InChI is InChI=1S/C24H25Cl2N3O/c1-4-20-23(17-10-8-15(25)12-19(17)26)27-21(5-2)24(28-20)29-22-11-7-14-6-9-16(30-3)13-18(14)22/h6,8-10,12-13,22H,4-5,7,11H2,1-3H3,(H,28,29). The van der Waals surface area contributed by atoms with Gasteiger partial charge in [-0.05, 0) is 67.1 Å². The van der Waals surface area contributed by atoms with Gasteiger partial charge in [0.25, 0.3) is 0 Å². The van der Waals surface area contributed by atoms with Crippen LogP contribution in [0.1, 0.15) is 48.8 Å². The molecule has 1 aromatic heterocycles. The predicted octanol–water partition coefficient (Wildman–Crippen LogP) is 6.68. The van der Waals surface area contributed by atoms with E-state index < -0.39 is 0 Å². The quantitative estimate of drug-likeness (QED) is 0.462. The molecule has 1 aliphatic rings. The molecule has 0 saturated carbocycles. The molecule has 2 aromatic carbocycles. The Kier molecular flexibility index (Phi) is 6.16. The molecular formula is C24H25Cl2N3O. The van der Waals surface area contributed by atoms with Gasteiger partial charge in [-0.3, -0.25) is 0 Å². The van der Waals surface area contributed by atoms with E-state index in [1.54, 1.807) is 13.2 Å². The van der Waals surface area contributed by atoms with Crippen molar-refractivity contribution in [3.63, 3.8) is 0 Å². The van der Waals surface area contributed by atoms with Crippen LogP contribution >= 0.6 is 23.2 Å². The van der Waals surface area contributed by atoms with E-state index in [-0.39, 0.29) is 6.04 Å². The Morgan fingerprint density at radius 2 is 1.83 bits per heavy atom. The molecule has 0 radical (unpaired) electrons. The lowest BCUT2D eigenvalue weighted by molar-refractivity contribution is 0.414. The number of aromatic nitrogens is 2. The molecule has 0 spiro atoms. The van der Waals surface area contributed by atoms with Crippen molar-refractivity contribution in [2.75, 3.05) is 12.4 Å². The molecule has 156 valence electrons. The van der Waals surface area contributed by atoms with Crippen molar-refractivity contribution >= 4 is 29.0 Å². The lowest BCUT2D eigenvalue weighted by atomic mass is 10.1. The molecule has 4 nitrogen and oxygen atoms in total. The first-order valence-corrected chi connectivity index (χ1v) is 11.1. The van der Waals surface area contributed by atoms with E-state index in [0.717, 1.165) is 59.9 Å². The van der Waals surface area contributed by atoms with Gasteiger partial charge in [-0.2, -0.15) is 0 Å². The molecule has 30 heavy (non-hydrogen) atoms. The number of anilines is 1. The van der Waals surface area contributed by atoms with Crippen LogP contribution in [-0.4, -0.2) is 17.1 Å². The number of hydrogen-bond donors (Lipinski definition) is 1. The van der Waals surface area contributed by atoms with Crippen LogP contribution in [0.25, 0.3) is 11.3 Å². The number of benzene rings is 2. The number of methoxy groups -OCH3 is 1. The van der Waals surface area contributed by atoms with E-state index in [0.29, 0.717) is 10.0 Å². The Morgan fingerprint density at radius 1 is 1.03 bits per heavy atom. The monoisotopic (exact) mass is 441 g/mol. The minimum Gasteiger partial charge on any atom is -0.497 e. The van der Waals surface area contributed by atoms with Gasteiger partial charge in [-0.15, -0.1) is 0 Å². The Bertz CT molecular complexity index is 1080. The highest BCUT2D eigenvalue weighted by atomic mass is 35.5. The van der Waals surface area contributed by atoms with Crippen molar-refractivity contribution in [3.8, 4) is 17.0 Å². The number of ether oxygens (including phenoxy) is 1. The summed E-state index contributed by atoms with van der Waals surface area (Å²) in [6, 6.07) is 12.0. The zero-order valence-corrected chi connectivity index (χ0v) is 18.9. The molecule has 0 bridgehead atoms. The van der Waals surface area contributed by atoms with Gasteiger partial charge < -0.3 is 10.1 Å². The van der Waals surface area contributed by atoms with Crippen molar-refractivity contribution in [2.45, 2.75) is 45.6 Å². The molecule has 3 aromatic rings. The second kappa shape index (κ2) is 8.83. The number of fused-ring (bicyclic) bond motifs is 1. The van der Waals surface area contributed by atoms with Crippen molar-refractivity contribution in [3.05, 3.63) is 69.0 Å². The fourth-order valence-electron chi connectivity index (χ4n) is 4.03. The van der Waals surface area contributed by atoms with Gasteiger partial charge in [0, 0.05) is 10.6 Å². The van der Waals surface area contributed by atoms with E-state index in [1.807, 2.05) is 18.2 Å². The maximum atomic E-state index is 6.47. The molecule has 0 fully saturated rings. The highest BCUT2D eigenvalue weighted by Gasteiger charge is 2.25. The van der Waals surface area contributed by atoms with Crippen LogP contribution in [0, 0.1) is 0 Å². The molecule has 0 aliphatic heterocycles. The Hall–Kier alpha value is -2.30. The van der Waals surface area contributed by atoms with Crippen LogP contribution in [0.4, 0.5) is 5.82 Å². The first-order valence-electron chi connectivity index (χ1n) is 10.3. The van der Waals surface area contributed by atoms with Crippen molar-refractivity contribution in [1.82, 2.24) is 9.97 Å². The topological polar surface area (TPSA) is 47.0 Å². The Labute approximate surface area is 187 Å². The van der Waals surface area contributed by atoms with Gasteiger partial charge in [0.2, 0.25) is 0 Å². The summed E-state index contributed by atoms with van der Waals surface area (Å²) in [5, 5.41) is 4.86. The fraction of sp³-hybridized carbons (Fsp3) is 0.333. The second-order valence-corrected chi connectivity index (χ2v) is 8.29. The van der Waals surface area contributed by atoms with E-state index in [4.69, 9.17) is 37.9 Å². The van der Waals surface area contributed by atoms with E-state index >= 15 is 0 Å². The van der Waals surface area contributed by atoms with Crippen LogP contribution in [-0.2, 0) is 19.3 Å². The number of aryl methyl sites for hydroxylation is 3. The summed E-state index contributed by atoms with van der Waals surface area (Å²) < 4.78 is 5.43. The zero-order chi connectivity index (χ0) is 21.3. The van der Waals surface area contributed by atoms with E-state index in [1.165, 1.54) is 11.1 Å². The van der Waals surface area contributed by atoms with Gasteiger partial charge in [-0.1, -0.05) is 43.1 Å². The molecule has 6 heteroatoms. The molecule has 1 atom stereocenters. The maximum absolute atomic E-state index is 6.47. The van der Waals surface area contributed by atoms with Crippen LogP contribution in [0.2, 0.25) is 10.0 Å². The third-order valence-corrected chi connectivity index (χ3v) is 6.19. The molecule has 0 amide bonds. The van der Waals surface area contributed by atoms with Gasteiger partial charge in [0.05, 0.1) is 35.3 Å². The van der Waals surface area contributed by atoms with Crippen LogP contribution < -0.4 is 10.1 Å². The summed E-state index contributed by atoms with van der Waals surface area (Å²) in [4.78, 5) is 9.96. The predicted molar refractivity (Wildman–Crippen MR) is 124 cm³/mol. The first-order chi connectivity index (χ1) is 14.5. The highest BCUT2D eigenvalue weighted by Crippen LogP contribution is 2.37. The summed E-state index contributed by atoms with van der Waals surface area (Å²) in [7, 11) is 1.70. The first kappa shape index (κ1) is 21.0. The van der Waals surface area contributed by atoms with Crippen LogP contribution in [0.3, 0.4) is 0 Å². The normalized spacial score (nSPS) is 15.2. The van der Waals surface area contributed by atoms with Gasteiger partial charge >= 0.3 is 0 Å². The van der Waals surface area contributed by atoms with E-state index in [2.05, 4.69) is 31.3 Å². The van der Waals surface area contributed by atoms with Gasteiger partial charge in [-0.25, -0.2) is 9.97 Å². The van der Waals surface area contributed by atoms with Crippen LogP contribution in [0.5, 0.6) is 5.75 Å². The second-order valence-electron chi connectivity index (χ2n) is 7.45. The third-order valence-electron chi connectivity index (χ3n) is 5.64. The summed E-state index contributed by atoms with van der Waals surface area (Å²) >= 11 is 12.6. The molecular weight excluding hydrogens is 417 g/mol. The van der Waals surface area contributed by atoms with Crippen molar-refractivity contribution < 1.29 is 4.74 Å². The molecule has 1 aliphatic carbocycles. The molecule has 1 heterocycles. The lowest BCUT2D eigenvalue weighted by Crippen LogP contribution is -2.13. The molecule has 4 rings (SSSR count). The Morgan fingerprint density at radius 3 is 2.53 bits per heavy atom. The number of hydrogen-bond acceptors (Lipinski definition) is 4. The van der Waals surface area contributed by atoms with Gasteiger partial charge in [0.15, 0.2) is 0 Å². The van der Waals surface area contributed by atoms with Crippen molar-refractivity contribution in [1.29, 1.82) is 0 Å². The Balaban J connectivity index is 1.72. The van der Waals surface area contributed by atoms with Gasteiger partial charge in [0.1, 0.15) is 11.6 Å². The minimum atomic E-state index is 0.198. The largest absolute Gasteiger partial charge is 0.497 e. The summed E-state index contributed by atoms with van der Waals surface area (Å²) in [5.74, 6) is 1.73. The molecule has 1 N–H and O–H groups in total. The minimum absolute atomic E-state index is 0.198. The fourth-order valence-corrected chi connectivity index (χ4v) is 4.53. The summed E-state index contributed by atoms with van der Waals surface area (Å²) in [6.45, 7) is 4.18. The van der Waals surface area contributed by atoms with E-state index in [9.17, 15) is 0 Å². The van der Waals surface area contributed by atoms with Crippen LogP contribution in [0.15, 0.2) is 36.4 Å². The number of nitrogens with one attached hydrogen (secondary N) is 1. The summed E-state index contributed by atoms with van der Waals surface area (Å²) in [5.41, 5.74) is 6.19. The summed E-state index contributed by atoms with van der Waals surface area (Å²) in [6.07, 6.45) is 3.61. The number of nitrogens with zero attached hydrogens (tertiary/aromatic N) is 2. The SMILES string of the molecule is CCc1nc(-c2ccc(Cl)cc2Cl)c(CC)nc1NC1CCc2ccc(OC)cc21. The average Bonchev–Trinajstić information content (AvgIpc) is 3.15. The molecule has 0 saturated heterocycles. The van der Waals surface area contributed by atoms with Crippen molar-refractivity contribution in [2.24, 2.45) is 0 Å². The number of rotatable bonds is 6. The number of halogens is 2. The average molecular weight is 442 g/mol. The zero-order valence-electron chi connectivity index (χ0n) is 17.4.